The molecule has 4 rings (SSSR count). The average Bonchev–Trinajstić information content (AvgIpc) is 3.01. The Hall–Kier alpha value is -1.80. The minimum absolute atomic E-state index is 0.371. The Balaban J connectivity index is 1.49. The van der Waals surface area contributed by atoms with Crippen LogP contribution in [-0.2, 0) is 11.8 Å². The van der Waals surface area contributed by atoms with Gasteiger partial charge in [-0.25, -0.2) is 0 Å². The molecule has 2 aliphatic rings. The molecular formula is C24H31NO. The van der Waals surface area contributed by atoms with Crippen LogP contribution in [0.3, 0.4) is 0 Å². The maximum Gasteiger partial charge on any atom is 0.119 e. The van der Waals surface area contributed by atoms with E-state index in [-0.39, 0.29) is 0 Å². The third kappa shape index (κ3) is 3.53. The molecule has 2 heteroatoms. The van der Waals surface area contributed by atoms with E-state index in [1.165, 1.54) is 69.3 Å². The van der Waals surface area contributed by atoms with Gasteiger partial charge in [-0.3, -0.25) is 0 Å². The zero-order valence-corrected chi connectivity index (χ0v) is 16.0. The number of likely N-dealkylation sites (tertiary alicyclic amines) is 1. The third-order valence-corrected chi connectivity index (χ3v) is 6.74. The van der Waals surface area contributed by atoms with Gasteiger partial charge in [0.2, 0.25) is 0 Å². The zero-order valence-electron chi connectivity index (χ0n) is 16.0. The van der Waals surface area contributed by atoms with Crippen LogP contribution in [0.1, 0.15) is 43.2 Å². The van der Waals surface area contributed by atoms with Crippen molar-refractivity contribution < 1.29 is 4.74 Å². The molecule has 2 atom stereocenters. The fraction of sp³-hybridized carbons (Fsp3) is 0.500. The van der Waals surface area contributed by atoms with E-state index < -0.39 is 0 Å². The molecule has 1 aliphatic carbocycles. The van der Waals surface area contributed by atoms with Gasteiger partial charge in [0.15, 0.2) is 0 Å². The summed E-state index contributed by atoms with van der Waals surface area (Å²) >= 11 is 0. The largest absolute Gasteiger partial charge is 0.497 e. The summed E-state index contributed by atoms with van der Waals surface area (Å²) < 4.78 is 5.52. The van der Waals surface area contributed by atoms with Crippen molar-refractivity contribution >= 4 is 0 Å². The highest BCUT2D eigenvalue weighted by atomic mass is 16.5. The molecular weight excluding hydrogens is 318 g/mol. The number of benzene rings is 2. The summed E-state index contributed by atoms with van der Waals surface area (Å²) in [5, 5.41) is 0. The molecule has 0 unspecified atom stereocenters. The Kier molecular flexibility index (Phi) is 5.31. The second-order valence-corrected chi connectivity index (χ2v) is 8.12. The number of rotatable bonds is 5. The Bertz CT molecular complexity index is 713. The van der Waals surface area contributed by atoms with Crippen molar-refractivity contribution in [1.29, 1.82) is 0 Å². The van der Waals surface area contributed by atoms with Crippen LogP contribution in [0.15, 0.2) is 54.6 Å². The fourth-order valence-corrected chi connectivity index (χ4v) is 5.35. The number of fused-ring (bicyclic) bond motifs is 1. The number of nitrogens with zero attached hydrogens (tertiary/aromatic N) is 1. The normalized spacial score (nSPS) is 26.3. The number of methoxy groups -OCH3 is 1. The number of hydrogen-bond donors (Lipinski definition) is 0. The lowest BCUT2D eigenvalue weighted by molar-refractivity contribution is 0.223. The smallest absolute Gasteiger partial charge is 0.119 e. The van der Waals surface area contributed by atoms with Crippen LogP contribution in [0.5, 0.6) is 5.75 Å². The number of hydrogen-bond acceptors (Lipinski definition) is 2. The maximum atomic E-state index is 5.52. The summed E-state index contributed by atoms with van der Waals surface area (Å²) in [6, 6.07) is 19.8. The van der Waals surface area contributed by atoms with E-state index in [9.17, 15) is 0 Å². The highest BCUT2D eigenvalue weighted by Gasteiger charge is 2.45. The molecule has 0 spiro atoms. The van der Waals surface area contributed by atoms with Gasteiger partial charge in [-0.05, 0) is 73.2 Å². The summed E-state index contributed by atoms with van der Waals surface area (Å²) in [5.41, 5.74) is 3.35. The van der Waals surface area contributed by atoms with Crippen molar-refractivity contribution in [2.75, 3.05) is 26.7 Å². The van der Waals surface area contributed by atoms with Crippen molar-refractivity contribution in [1.82, 2.24) is 4.90 Å². The Labute approximate surface area is 158 Å². The Morgan fingerprint density at radius 3 is 2.73 bits per heavy atom. The lowest BCUT2D eigenvalue weighted by Crippen LogP contribution is -2.36. The van der Waals surface area contributed by atoms with E-state index >= 15 is 0 Å². The molecule has 1 saturated heterocycles. The van der Waals surface area contributed by atoms with Crippen LogP contribution in [0.4, 0.5) is 0 Å². The topological polar surface area (TPSA) is 12.5 Å². The Morgan fingerprint density at radius 2 is 1.88 bits per heavy atom. The van der Waals surface area contributed by atoms with Crippen LogP contribution in [-0.4, -0.2) is 31.6 Å². The van der Waals surface area contributed by atoms with Crippen molar-refractivity contribution in [3.05, 3.63) is 65.7 Å². The van der Waals surface area contributed by atoms with Crippen molar-refractivity contribution in [3.8, 4) is 5.75 Å². The molecule has 1 saturated carbocycles. The van der Waals surface area contributed by atoms with Gasteiger partial charge in [0.1, 0.15) is 5.75 Å². The first kappa shape index (κ1) is 17.6. The molecule has 0 amide bonds. The zero-order chi connectivity index (χ0) is 17.8. The van der Waals surface area contributed by atoms with Gasteiger partial charge >= 0.3 is 0 Å². The summed E-state index contributed by atoms with van der Waals surface area (Å²) in [7, 11) is 1.78. The standard InChI is InChI=1S/C24H31NO/c1-26-23-12-5-10-21(18-23)24-14-6-11-22(24)19-25(16-7-15-24)17-13-20-8-3-2-4-9-20/h2-5,8-10,12,18,22H,6-7,11,13-17,19H2,1H3/t22-,24+/m0/s1. The second-order valence-electron chi connectivity index (χ2n) is 8.12. The fourth-order valence-electron chi connectivity index (χ4n) is 5.35. The highest BCUT2D eigenvalue weighted by Crippen LogP contribution is 2.50. The Morgan fingerprint density at radius 1 is 1.04 bits per heavy atom. The average molecular weight is 350 g/mol. The molecule has 2 aromatic rings. The molecule has 2 aromatic carbocycles. The summed E-state index contributed by atoms with van der Waals surface area (Å²) in [6.45, 7) is 3.69. The molecule has 26 heavy (non-hydrogen) atoms. The van der Waals surface area contributed by atoms with E-state index in [1.807, 2.05) is 0 Å². The van der Waals surface area contributed by atoms with Crippen LogP contribution in [0.2, 0.25) is 0 Å². The monoisotopic (exact) mass is 349 g/mol. The molecule has 1 aliphatic heterocycles. The van der Waals surface area contributed by atoms with Crippen molar-refractivity contribution in [2.24, 2.45) is 5.92 Å². The summed E-state index contributed by atoms with van der Waals surface area (Å²) in [4.78, 5) is 2.73. The van der Waals surface area contributed by atoms with Gasteiger partial charge in [0, 0.05) is 13.1 Å². The van der Waals surface area contributed by atoms with E-state index in [0.717, 1.165) is 11.7 Å². The first-order chi connectivity index (χ1) is 12.8. The van der Waals surface area contributed by atoms with Gasteiger partial charge in [-0.2, -0.15) is 0 Å². The number of ether oxygens (including phenoxy) is 1. The molecule has 2 nitrogen and oxygen atoms in total. The van der Waals surface area contributed by atoms with Crippen molar-refractivity contribution in [3.63, 3.8) is 0 Å². The van der Waals surface area contributed by atoms with Crippen LogP contribution in [0.25, 0.3) is 0 Å². The lowest BCUT2D eigenvalue weighted by atomic mass is 9.69. The predicted molar refractivity (Wildman–Crippen MR) is 108 cm³/mol. The van der Waals surface area contributed by atoms with Gasteiger partial charge in [-0.15, -0.1) is 0 Å². The van der Waals surface area contributed by atoms with Crippen molar-refractivity contribution in [2.45, 2.75) is 43.9 Å². The summed E-state index contributed by atoms with van der Waals surface area (Å²) in [5.74, 6) is 1.79. The molecule has 138 valence electrons. The molecule has 0 aromatic heterocycles. The van der Waals surface area contributed by atoms with Crippen LogP contribution >= 0.6 is 0 Å². The van der Waals surface area contributed by atoms with E-state index in [2.05, 4.69) is 59.5 Å². The highest BCUT2D eigenvalue weighted by molar-refractivity contribution is 5.36. The summed E-state index contributed by atoms with van der Waals surface area (Å²) in [6.07, 6.45) is 7.89. The predicted octanol–water partition coefficient (Wildman–Crippen LogP) is 5.07. The van der Waals surface area contributed by atoms with Gasteiger partial charge in [0.05, 0.1) is 7.11 Å². The van der Waals surface area contributed by atoms with E-state index in [1.54, 1.807) is 7.11 Å². The third-order valence-electron chi connectivity index (χ3n) is 6.74. The first-order valence-electron chi connectivity index (χ1n) is 10.2. The van der Waals surface area contributed by atoms with E-state index in [0.29, 0.717) is 5.41 Å². The minimum atomic E-state index is 0.371. The molecule has 0 N–H and O–H groups in total. The van der Waals surface area contributed by atoms with Gasteiger partial charge in [0.25, 0.3) is 0 Å². The van der Waals surface area contributed by atoms with E-state index in [4.69, 9.17) is 4.74 Å². The van der Waals surface area contributed by atoms with Gasteiger partial charge < -0.3 is 9.64 Å². The molecule has 0 bridgehead atoms. The quantitative estimate of drug-likeness (QED) is 0.747. The SMILES string of the molecule is COc1cccc([C@]23CCC[C@H]2CN(CCc2ccccc2)CCC3)c1. The van der Waals surface area contributed by atoms with Crippen LogP contribution in [0, 0.1) is 5.92 Å². The molecule has 0 radical (unpaired) electrons. The minimum Gasteiger partial charge on any atom is -0.497 e. The molecule has 1 heterocycles. The first-order valence-corrected chi connectivity index (χ1v) is 10.2. The lowest BCUT2D eigenvalue weighted by Gasteiger charge is -2.36. The second kappa shape index (κ2) is 7.84. The van der Waals surface area contributed by atoms with Gasteiger partial charge in [-0.1, -0.05) is 48.9 Å². The molecule has 2 fully saturated rings. The van der Waals surface area contributed by atoms with Crippen LogP contribution < -0.4 is 4.74 Å². The maximum absolute atomic E-state index is 5.52.